The van der Waals surface area contributed by atoms with Crippen molar-refractivity contribution in [3.05, 3.63) is 53.8 Å². The standard InChI is InChI=1S/C21H23FO2/c1-2-24-21-12-11-19(13-20(21)22)18-9-7-17(8-10-18)16-5-3-15(14-23)4-6-16/h7-16H,2-6H2,1H3. The number of halogens is 1. The van der Waals surface area contributed by atoms with E-state index in [1.54, 1.807) is 6.07 Å². The van der Waals surface area contributed by atoms with Crippen LogP contribution in [-0.2, 0) is 4.79 Å². The van der Waals surface area contributed by atoms with Gasteiger partial charge in [0.25, 0.3) is 0 Å². The Bertz CT molecular complexity index is 685. The monoisotopic (exact) mass is 326 g/mol. The molecule has 0 spiro atoms. The largest absolute Gasteiger partial charge is 0.491 e. The van der Waals surface area contributed by atoms with Gasteiger partial charge in [-0.2, -0.15) is 0 Å². The molecule has 1 saturated carbocycles. The van der Waals surface area contributed by atoms with E-state index in [9.17, 15) is 9.18 Å². The highest BCUT2D eigenvalue weighted by Crippen LogP contribution is 2.36. The third kappa shape index (κ3) is 3.66. The Hall–Kier alpha value is -2.16. The van der Waals surface area contributed by atoms with Gasteiger partial charge < -0.3 is 9.53 Å². The van der Waals surface area contributed by atoms with Gasteiger partial charge in [0.2, 0.25) is 0 Å². The van der Waals surface area contributed by atoms with Gasteiger partial charge in [0.15, 0.2) is 11.6 Å². The van der Waals surface area contributed by atoms with E-state index < -0.39 is 0 Å². The number of hydrogen-bond acceptors (Lipinski definition) is 2. The molecule has 0 heterocycles. The lowest BCUT2D eigenvalue weighted by atomic mass is 9.79. The van der Waals surface area contributed by atoms with Crippen molar-refractivity contribution in [2.75, 3.05) is 6.61 Å². The van der Waals surface area contributed by atoms with E-state index in [1.165, 1.54) is 11.6 Å². The summed E-state index contributed by atoms with van der Waals surface area (Å²) in [6.45, 7) is 2.30. The molecule has 1 fully saturated rings. The summed E-state index contributed by atoms with van der Waals surface area (Å²) in [7, 11) is 0. The van der Waals surface area contributed by atoms with Gasteiger partial charge in [0.05, 0.1) is 6.61 Å². The zero-order chi connectivity index (χ0) is 16.9. The van der Waals surface area contributed by atoms with E-state index >= 15 is 0 Å². The number of carbonyl (C=O) groups is 1. The average Bonchev–Trinajstić information content (AvgIpc) is 2.64. The Balaban J connectivity index is 1.73. The fourth-order valence-electron chi connectivity index (χ4n) is 3.49. The van der Waals surface area contributed by atoms with Crippen LogP contribution in [0.4, 0.5) is 4.39 Å². The molecule has 126 valence electrons. The minimum absolute atomic E-state index is 0.243. The van der Waals surface area contributed by atoms with E-state index in [2.05, 4.69) is 24.3 Å². The first-order valence-corrected chi connectivity index (χ1v) is 8.69. The maximum Gasteiger partial charge on any atom is 0.165 e. The van der Waals surface area contributed by atoms with Crippen LogP contribution in [0.5, 0.6) is 5.75 Å². The second-order valence-corrected chi connectivity index (χ2v) is 6.45. The average molecular weight is 326 g/mol. The molecule has 3 heteroatoms. The Labute approximate surface area is 142 Å². The van der Waals surface area contributed by atoms with Crippen molar-refractivity contribution < 1.29 is 13.9 Å². The first-order valence-electron chi connectivity index (χ1n) is 8.69. The number of carbonyl (C=O) groups excluding carboxylic acids is 1. The molecule has 3 rings (SSSR count). The summed E-state index contributed by atoms with van der Waals surface area (Å²) in [5, 5.41) is 0. The van der Waals surface area contributed by atoms with E-state index in [0.717, 1.165) is 43.1 Å². The highest BCUT2D eigenvalue weighted by Gasteiger charge is 2.21. The van der Waals surface area contributed by atoms with Crippen molar-refractivity contribution in [1.29, 1.82) is 0 Å². The van der Waals surface area contributed by atoms with Crippen LogP contribution in [0.1, 0.15) is 44.1 Å². The molecule has 1 aliphatic carbocycles. The molecule has 0 bridgehead atoms. The number of rotatable bonds is 5. The molecule has 1 aliphatic rings. The molecule has 0 N–H and O–H groups in total. The third-order valence-electron chi connectivity index (χ3n) is 4.91. The SMILES string of the molecule is CCOc1ccc(-c2ccc(C3CCC(C=O)CC3)cc2)cc1F. The van der Waals surface area contributed by atoms with Crippen LogP contribution in [0.2, 0.25) is 0 Å². The fraction of sp³-hybridized carbons (Fsp3) is 0.381. The number of hydrogen-bond donors (Lipinski definition) is 0. The Kier molecular flexibility index (Phi) is 5.29. The summed E-state index contributed by atoms with van der Waals surface area (Å²) >= 11 is 0. The van der Waals surface area contributed by atoms with Gasteiger partial charge in [-0.15, -0.1) is 0 Å². The van der Waals surface area contributed by atoms with Crippen LogP contribution in [0.25, 0.3) is 11.1 Å². The topological polar surface area (TPSA) is 26.3 Å². The highest BCUT2D eigenvalue weighted by atomic mass is 19.1. The smallest absolute Gasteiger partial charge is 0.165 e. The van der Waals surface area contributed by atoms with E-state index in [1.807, 2.05) is 13.0 Å². The summed E-state index contributed by atoms with van der Waals surface area (Å²) in [6, 6.07) is 13.5. The first kappa shape index (κ1) is 16.7. The molecule has 2 aromatic carbocycles. The number of ether oxygens (including phenoxy) is 1. The molecule has 24 heavy (non-hydrogen) atoms. The Morgan fingerprint density at radius 1 is 1.04 bits per heavy atom. The maximum absolute atomic E-state index is 14.0. The summed E-state index contributed by atoms with van der Waals surface area (Å²) < 4.78 is 19.3. The van der Waals surface area contributed by atoms with Gasteiger partial charge in [-0.3, -0.25) is 0 Å². The summed E-state index contributed by atoms with van der Waals surface area (Å²) in [6.07, 6.45) is 5.21. The molecule has 0 aliphatic heterocycles. The minimum Gasteiger partial charge on any atom is -0.491 e. The molecule has 0 saturated heterocycles. The summed E-state index contributed by atoms with van der Waals surface area (Å²) in [4.78, 5) is 10.9. The maximum atomic E-state index is 14.0. The van der Waals surface area contributed by atoms with Crippen molar-refractivity contribution in [2.45, 2.75) is 38.5 Å². The quantitative estimate of drug-likeness (QED) is 0.691. The van der Waals surface area contributed by atoms with Crippen molar-refractivity contribution >= 4 is 6.29 Å². The molecule has 0 amide bonds. The van der Waals surface area contributed by atoms with Crippen LogP contribution in [0, 0.1) is 11.7 Å². The predicted molar refractivity (Wildman–Crippen MR) is 93.8 cm³/mol. The second-order valence-electron chi connectivity index (χ2n) is 6.45. The molecule has 0 aromatic heterocycles. The zero-order valence-corrected chi connectivity index (χ0v) is 14.0. The molecular formula is C21H23FO2. The molecular weight excluding hydrogens is 303 g/mol. The highest BCUT2D eigenvalue weighted by molar-refractivity contribution is 5.65. The molecule has 2 aromatic rings. The zero-order valence-electron chi connectivity index (χ0n) is 14.0. The number of aldehydes is 1. The van der Waals surface area contributed by atoms with Crippen molar-refractivity contribution in [3.63, 3.8) is 0 Å². The van der Waals surface area contributed by atoms with Crippen LogP contribution >= 0.6 is 0 Å². The van der Waals surface area contributed by atoms with E-state index in [4.69, 9.17) is 4.74 Å². The molecule has 0 unspecified atom stereocenters. The lowest BCUT2D eigenvalue weighted by Gasteiger charge is -2.25. The molecule has 2 nitrogen and oxygen atoms in total. The summed E-state index contributed by atoms with van der Waals surface area (Å²) in [5.41, 5.74) is 3.17. The van der Waals surface area contributed by atoms with Crippen LogP contribution in [0.15, 0.2) is 42.5 Å². The van der Waals surface area contributed by atoms with Crippen LogP contribution < -0.4 is 4.74 Å². The van der Waals surface area contributed by atoms with Crippen molar-refractivity contribution in [1.82, 2.24) is 0 Å². The van der Waals surface area contributed by atoms with Crippen molar-refractivity contribution in [3.8, 4) is 16.9 Å². The Morgan fingerprint density at radius 2 is 1.71 bits per heavy atom. The normalized spacial score (nSPS) is 20.6. The number of benzene rings is 2. The first-order chi connectivity index (χ1) is 11.7. The van der Waals surface area contributed by atoms with Crippen LogP contribution in [0.3, 0.4) is 0 Å². The predicted octanol–water partition coefficient (Wildman–Crippen LogP) is 5.36. The fourth-order valence-corrected chi connectivity index (χ4v) is 3.49. The van der Waals surface area contributed by atoms with Gasteiger partial charge in [0, 0.05) is 5.92 Å². The lowest BCUT2D eigenvalue weighted by Crippen LogP contribution is -2.14. The lowest BCUT2D eigenvalue weighted by molar-refractivity contribution is -0.111. The third-order valence-corrected chi connectivity index (χ3v) is 4.91. The Morgan fingerprint density at radius 3 is 2.29 bits per heavy atom. The van der Waals surface area contributed by atoms with Gasteiger partial charge in [-0.1, -0.05) is 30.3 Å². The minimum atomic E-state index is -0.328. The van der Waals surface area contributed by atoms with Gasteiger partial charge in [-0.25, -0.2) is 4.39 Å². The molecule has 0 radical (unpaired) electrons. The van der Waals surface area contributed by atoms with E-state index in [0.29, 0.717) is 18.3 Å². The van der Waals surface area contributed by atoms with E-state index in [-0.39, 0.29) is 11.7 Å². The summed E-state index contributed by atoms with van der Waals surface area (Å²) in [5.74, 6) is 0.745. The van der Waals surface area contributed by atoms with Gasteiger partial charge in [0.1, 0.15) is 6.29 Å². The molecule has 0 atom stereocenters. The van der Waals surface area contributed by atoms with Crippen LogP contribution in [-0.4, -0.2) is 12.9 Å². The van der Waals surface area contributed by atoms with Crippen molar-refractivity contribution in [2.24, 2.45) is 5.92 Å². The second kappa shape index (κ2) is 7.61. The van der Waals surface area contributed by atoms with Gasteiger partial charge in [-0.05, 0) is 67.3 Å². The van der Waals surface area contributed by atoms with Gasteiger partial charge >= 0.3 is 0 Å².